The molecule has 0 N–H and O–H groups in total. The van der Waals surface area contributed by atoms with Gasteiger partial charge in [-0.1, -0.05) is 42.0 Å². The van der Waals surface area contributed by atoms with E-state index in [0.29, 0.717) is 28.2 Å². The Labute approximate surface area is 190 Å². The van der Waals surface area contributed by atoms with Crippen LogP contribution in [0.4, 0.5) is 0 Å². The highest BCUT2D eigenvalue weighted by Gasteiger charge is 2.31. The first-order valence-electron chi connectivity index (χ1n) is 10.4. The summed E-state index contributed by atoms with van der Waals surface area (Å²) >= 11 is 0. The van der Waals surface area contributed by atoms with Crippen LogP contribution in [-0.2, 0) is 0 Å². The monoisotopic (exact) mass is 440 g/mol. The van der Waals surface area contributed by atoms with Crippen LogP contribution in [0.3, 0.4) is 0 Å². The van der Waals surface area contributed by atoms with Gasteiger partial charge in [-0.25, -0.2) is 4.79 Å². The van der Waals surface area contributed by atoms with Gasteiger partial charge in [0.05, 0.1) is 12.7 Å². The van der Waals surface area contributed by atoms with E-state index >= 15 is 0 Å². The normalized spacial score (nSPS) is 13.8. The maximum atomic E-state index is 12.8. The molecule has 6 heteroatoms. The van der Waals surface area contributed by atoms with E-state index in [-0.39, 0.29) is 23.1 Å². The van der Waals surface area contributed by atoms with Crippen LogP contribution in [-0.4, -0.2) is 18.9 Å². The van der Waals surface area contributed by atoms with E-state index in [1.807, 2.05) is 43.3 Å². The number of hydrogen-bond donors (Lipinski definition) is 0. The van der Waals surface area contributed by atoms with Gasteiger partial charge >= 0.3 is 5.97 Å². The first-order valence-corrected chi connectivity index (χ1v) is 10.4. The molecule has 6 nitrogen and oxygen atoms in total. The van der Waals surface area contributed by atoms with Crippen LogP contribution in [0.1, 0.15) is 37.6 Å². The molecule has 0 unspecified atom stereocenters. The zero-order chi connectivity index (χ0) is 23.1. The number of para-hydroxylation sites is 1. The van der Waals surface area contributed by atoms with Crippen molar-refractivity contribution >= 4 is 28.8 Å². The fourth-order valence-electron chi connectivity index (χ4n) is 3.74. The number of benzene rings is 3. The summed E-state index contributed by atoms with van der Waals surface area (Å²) in [6, 6.07) is 18.0. The minimum absolute atomic E-state index is 0.0475. The van der Waals surface area contributed by atoms with E-state index < -0.39 is 5.97 Å². The highest BCUT2D eigenvalue weighted by Crippen LogP contribution is 2.39. The fraction of sp³-hybridized carbons (Fsp3) is 0.111. The predicted molar refractivity (Wildman–Crippen MR) is 123 cm³/mol. The first-order chi connectivity index (χ1) is 15.9. The Bertz CT molecular complexity index is 1440. The topological polar surface area (TPSA) is 75.0 Å². The molecular formula is C27H20O6. The smallest absolute Gasteiger partial charge is 0.379 e. The molecule has 0 radical (unpaired) electrons. The fourth-order valence-corrected chi connectivity index (χ4v) is 3.74. The number of esters is 1. The minimum Gasteiger partial charge on any atom is -0.493 e. The molecule has 164 valence electrons. The molecule has 1 aliphatic rings. The molecule has 0 bridgehead atoms. The summed E-state index contributed by atoms with van der Waals surface area (Å²) in [7, 11) is 1.53. The zero-order valence-corrected chi connectivity index (χ0v) is 18.3. The van der Waals surface area contributed by atoms with Crippen LogP contribution in [0, 0.1) is 13.8 Å². The van der Waals surface area contributed by atoms with Crippen molar-refractivity contribution in [1.29, 1.82) is 0 Å². The highest BCUT2D eigenvalue weighted by atomic mass is 16.6. The Hall–Kier alpha value is -4.32. The maximum absolute atomic E-state index is 12.8. The number of rotatable bonds is 4. The van der Waals surface area contributed by atoms with Crippen LogP contribution in [0.15, 0.2) is 70.8 Å². The van der Waals surface area contributed by atoms with Crippen molar-refractivity contribution in [3.05, 3.63) is 94.4 Å². The molecule has 0 saturated carbocycles. The van der Waals surface area contributed by atoms with Gasteiger partial charge in [-0.2, -0.15) is 0 Å². The third-order valence-corrected chi connectivity index (χ3v) is 5.54. The van der Waals surface area contributed by atoms with E-state index in [2.05, 4.69) is 0 Å². The van der Waals surface area contributed by atoms with Crippen molar-refractivity contribution in [3.63, 3.8) is 0 Å². The van der Waals surface area contributed by atoms with Gasteiger partial charge in [0.2, 0.25) is 11.5 Å². The molecule has 0 saturated heterocycles. The molecule has 5 rings (SSSR count). The summed E-state index contributed by atoms with van der Waals surface area (Å²) in [6.07, 6.45) is 1.70. The molecular weight excluding hydrogens is 420 g/mol. The van der Waals surface area contributed by atoms with Crippen molar-refractivity contribution in [3.8, 4) is 17.2 Å². The second kappa shape index (κ2) is 7.98. The van der Waals surface area contributed by atoms with Gasteiger partial charge in [0, 0.05) is 10.9 Å². The van der Waals surface area contributed by atoms with Crippen LogP contribution >= 0.6 is 0 Å². The Balaban J connectivity index is 1.42. The summed E-state index contributed by atoms with van der Waals surface area (Å²) in [4.78, 5) is 25.6. The predicted octanol–water partition coefficient (Wildman–Crippen LogP) is 5.89. The van der Waals surface area contributed by atoms with Crippen molar-refractivity contribution in [1.82, 2.24) is 0 Å². The van der Waals surface area contributed by atoms with E-state index in [1.165, 1.54) is 7.11 Å². The number of ether oxygens (including phenoxy) is 3. The van der Waals surface area contributed by atoms with E-state index in [4.69, 9.17) is 18.6 Å². The molecule has 0 amide bonds. The van der Waals surface area contributed by atoms with Gasteiger partial charge in [-0.15, -0.1) is 0 Å². The second-order valence-electron chi connectivity index (χ2n) is 7.79. The Kier molecular flexibility index (Phi) is 4.98. The summed E-state index contributed by atoms with van der Waals surface area (Å²) in [5.41, 5.74) is 3.44. The molecule has 1 aromatic heterocycles. The quantitative estimate of drug-likeness (QED) is 0.224. The van der Waals surface area contributed by atoms with E-state index in [0.717, 1.165) is 16.5 Å². The van der Waals surface area contributed by atoms with Crippen molar-refractivity contribution in [2.75, 3.05) is 7.11 Å². The number of ketones is 1. The zero-order valence-electron chi connectivity index (χ0n) is 18.3. The minimum atomic E-state index is -0.656. The van der Waals surface area contributed by atoms with E-state index in [1.54, 1.807) is 37.3 Å². The number of allylic oxidation sites excluding steroid dienone is 1. The number of fused-ring (bicyclic) bond motifs is 2. The second-order valence-corrected chi connectivity index (χ2v) is 7.79. The van der Waals surface area contributed by atoms with E-state index in [9.17, 15) is 9.59 Å². The van der Waals surface area contributed by atoms with Gasteiger partial charge in [0.15, 0.2) is 17.1 Å². The van der Waals surface area contributed by atoms with Gasteiger partial charge in [-0.3, -0.25) is 4.79 Å². The molecule has 4 aromatic rings. The van der Waals surface area contributed by atoms with Crippen LogP contribution in [0.5, 0.6) is 17.2 Å². The Morgan fingerprint density at radius 1 is 0.970 bits per heavy atom. The number of Topliss-reactive ketones (excluding diaryl/α,β-unsaturated/α-hetero) is 1. The SMILES string of the molecule is COc1cccc2cc(C(=O)Oc3ccc4c(c3C)O/C(=C\c3ccc(C)cc3)C4=O)oc12. The summed E-state index contributed by atoms with van der Waals surface area (Å²) in [5, 5.41) is 0.729. The molecule has 33 heavy (non-hydrogen) atoms. The molecule has 3 aromatic carbocycles. The Morgan fingerprint density at radius 3 is 2.52 bits per heavy atom. The van der Waals surface area contributed by atoms with Gasteiger partial charge in [-0.05, 0) is 49.8 Å². The number of methoxy groups -OCH3 is 1. The number of carbonyl (C=O) groups is 2. The summed E-state index contributed by atoms with van der Waals surface area (Å²) in [6.45, 7) is 3.74. The molecule has 1 aliphatic heterocycles. The standard InChI is InChI=1S/C27H20O6/c1-15-7-9-17(10-8-15)13-22-24(28)19-11-12-20(16(2)25(19)31-22)33-27(29)23-14-18-5-4-6-21(30-3)26(18)32-23/h4-14H,1-3H3/b22-13-. The van der Waals surface area contributed by atoms with Gasteiger partial charge < -0.3 is 18.6 Å². The molecule has 0 aliphatic carbocycles. The van der Waals surface area contributed by atoms with Crippen molar-refractivity contribution in [2.45, 2.75) is 13.8 Å². The highest BCUT2D eigenvalue weighted by molar-refractivity contribution is 6.15. The third-order valence-electron chi connectivity index (χ3n) is 5.54. The molecule has 0 atom stereocenters. The Morgan fingerprint density at radius 2 is 1.76 bits per heavy atom. The maximum Gasteiger partial charge on any atom is 0.379 e. The lowest BCUT2D eigenvalue weighted by atomic mass is 10.1. The number of carbonyl (C=O) groups excluding carboxylic acids is 2. The molecule has 2 heterocycles. The summed E-state index contributed by atoms with van der Waals surface area (Å²) < 4.78 is 22.4. The first kappa shape index (κ1) is 20.6. The lowest BCUT2D eigenvalue weighted by molar-refractivity contribution is 0.0702. The lowest BCUT2D eigenvalue weighted by Crippen LogP contribution is -2.08. The lowest BCUT2D eigenvalue weighted by Gasteiger charge is -2.09. The third kappa shape index (κ3) is 3.65. The summed E-state index contributed by atoms with van der Waals surface area (Å²) in [5.74, 6) is 0.605. The van der Waals surface area contributed by atoms with Crippen molar-refractivity contribution in [2.24, 2.45) is 0 Å². The number of aryl methyl sites for hydroxylation is 1. The van der Waals surface area contributed by atoms with Crippen molar-refractivity contribution < 1.29 is 28.2 Å². The number of furan rings is 1. The van der Waals surface area contributed by atoms with Gasteiger partial charge in [0.1, 0.15) is 11.5 Å². The molecule has 0 spiro atoms. The van der Waals surface area contributed by atoms with Crippen LogP contribution in [0.2, 0.25) is 0 Å². The average molecular weight is 440 g/mol. The van der Waals surface area contributed by atoms with Crippen LogP contribution < -0.4 is 14.2 Å². The molecule has 0 fully saturated rings. The van der Waals surface area contributed by atoms with Gasteiger partial charge in [0.25, 0.3) is 0 Å². The largest absolute Gasteiger partial charge is 0.493 e. The average Bonchev–Trinajstić information content (AvgIpc) is 3.39. The number of hydrogen-bond acceptors (Lipinski definition) is 6. The van der Waals surface area contributed by atoms with Crippen LogP contribution in [0.25, 0.3) is 17.0 Å².